The van der Waals surface area contributed by atoms with Gasteiger partial charge in [0.1, 0.15) is 0 Å². The van der Waals surface area contributed by atoms with E-state index in [0.29, 0.717) is 21.4 Å². The third kappa shape index (κ3) is 4.46. The first kappa shape index (κ1) is 18.2. The van der Waals surface area contributed by atoms with Crippen LogP contribution in [0.4, 0.5) is 5.69 Å². The predicted molar refractivity (Wildman–Crippen MR) is 102 cm³/mol. The summed E-state index contributed by atoms with van der Waals surface area (Å²) in [5, 5.41) is 7.09. The van der Waals surface area contributed by atoms with Gasteiger partial charge in [-0.25, -0.2) is 4.79 Å². The van der Waals surface area contributed by atoms with Crippen LogP contribution < -0.4 is 10.6 Å². The molecule has 0 unspecified atom stereocenters. The molecule has 0 saturated carbocycles. The smallest absolute Gasteiger partial charge is 0.339 e. The second-order valence-corrected chi connectivity index (χ2v) is 6.18. The van der Waals surface area contributed by atoms with Crippen molar-refractivity contribution in [3.05, 3.63) is 64.2 Å². The van der Waals surface area contributed by atoms with Gasteiger partial charge in [0, 0.05) is 5.69 Å². The number of hydrogen-bond donors (Lipinski definition) is 2. The summed E-state index contributed by atoms with van der Waals surface area (Å²) in [6.07, 6.45) is 0. The van der Waals surface area contributed by atoms with E-state index in [4.69, 9.17) is 28.6 Å². The number of carbonyl (C=O) groups is 1. The summed E-state index contributed by atoms with van der Waals surface area (Å²) in [6, 6.07) is 13.2. The number of methoxy groups -OCH3 is 1. The normalized spacial score (nSPS) is 11.5. The fourth-order valence-corrected chi connectivity index (χ4v) is 2.87. The first-order chi connectivity index (χ1) is 11.4. The van der Waals surface area contributed by atoms with E-state index in [1.165, 1.54) is 18.2 Å². The zero-order valence-corrected chi connectivity index (χ0v) is 15.3. The van der Waals surface area contributed by atoms with Crippen molar-refractivity contribution in [1.82, 2.24) is 5.32 Å². The van der Waals surface area contributed by atoms with Crippen molar-refractivity contribution in [3.8, 4) is 0 Å². The molecule has 0 aliphatic carbocycles. The first-order valence-electron chi connectivity index (χ1n) is 7.43. The molecular formula is C18H19ClN2O2S. The van der Waals surface area contributed by atoms with E-state index in [9.17, 15) is 4.79 Å². The molecule has 2 aromatic carbocycles. The van der Waals surface area contributed by atoms with Crippen LogP contribution in [-0.2, 0) is 4.74 Å². The van der Waals surface area contributed by atoms with Crippen LogP contribution in [0.25, 0.3) is 0 Å². The van der Waals surface area contributed by atoms with Gasteiger partial charge < -0.3 is 15.4 Å². The Kier molecular flexibility index (Phi) is 6.17. The number of hydrogen-bond acceptors (Lipinski definition) is 3. The van der Waals surface area contributed by atoms with Crippen LogP contribution in [0.15, 0.2) is 42.5 Å². The Bertz CT molecular complexity index is 764. The van der Waals surface area contributed by atoms with Gasteiger partial charge in [-0.1, -0.05) is 35.9 Å². The molecule has 0 spiro atoms. The van der Waals surface area contributed by atoms with E-state index in [1.54, 1.807) is 18.2 Å². The molecule has 1 atom stereocenters. The predicted octanol–water partition coefficient (Wildman–Crippen LogP) is 4.48. The molecule has 6 heteroatoms. The molecule has 0 bridgehead atoms. The molecule has 126 valence electrons. The maximum atomic E-state index is 11.7. The Morgan fingerprint density at radius 1 is 1.25 bits per heavy atom. The van der Waals surface area contributed by atoms with E-state index >= 15 is 0 Å². The van der Waals surface area contributed by atoms with Crippen molar-refractivity contribution in [1.29, 1.82) is 0 Å². The maximum absolute atomic E-state index is 11.7. The van der Waals surface area contributed by atoms with Crippen molar-refractivity contribution in [2.45, 2.75) is 19.9 Å². The lowest BCUT2D eigenvalue weighted by Crippen LogP contribution is -2.31. The lowest BCUT2D eigenvalue weighted by Gasteiger charge is -2.19. The van der Waals surface area contributed by atoms with Gasteiger partial charge in [-0.05, 0) is 55.4 Å². The highest BCUT2D eigenvalue weighted by atomic mass is 35.5. The van der Waals surface area contributed by atoms with Gasteiger partial charge in [0.15, 0.2) is 5.11 Å². The van der Waals surface area contributed by atoms with Crippen molar-refractivity contribution in [2.75, 3.05) is 12.4 Å². The molecule has 24 heavy (non-hydrogen) atoms. The van der Waals surface area contributed by atoms with Crippen molar-refractivity contribution in [2.24, 2.45) is 0 Å². The third-order valence-corrected chi connectivity index (χ3v) is 4.18. The zero-order valence-electron chi connectivity index (χ0n) is 13.7. The fraction of sp³-hybridized carbons (Fsp3) is 0.222. The average Bonchev–Trinajstić information content (AvgIpc) is 2.56. The van der Waals surface area contributed by atoms with E-state index in [1.807, 2.05) is 19.1 Å². The molecule has 4 nitrogen and oxygen atoms in total. The molecule has 0 aromatic heterocycles. The molecule has 2 N–H and O–H groups in total. The topological polar surface area (TPSA) is 50.4 Å². The van der Waals surface area contributed by atoms with Crippen LogP contribution in [0.5, 0.6) is 0 Å². The minimum Gasteiger partial charge on any atom is -0.465 e. The number of esters is 1. The number of ether oxygens (including phenoxy) is 1. The molecule has 0 saturated heterocycles. The van der Waals surface area contributed by atoms with Crippen molar-refractivity contribution >= 4 is 40.6 Å². The lowest BCUT2D eigenvalue weighted by atomic mass is 10.0. The number of halogens is 1. The molecule has 0 amide bonds. The molecule has 0 fully saturated rings. The van der Waals surface area contributed by atoms with E-state index < -0.39 is 5.97 Å². The largest absolute Gasteiger partial charge is 0.465 e. The van der Waals surface area contributed by atoms with Crippen LogP contribution in [-0.4, -0.2) is 18.2 Å². The Hall–Kier alpha value is -2.11. The second-order valence-electron chi connectivity index (χ2n) is 5.36. The summed E-state index contributed by atoms with van der Waals surface area (Å²) in [7, 11) is 1.31. The summed E-state index contributed by atoms with van der Waals surface area (Å²) >= 11 is 11.4. The monoisotopic (exact) mass is 362 g/mol. The summed E-state index contributed by atoms with van der Waals surface area (Å²) < 4.78 is 4.71. The zero-order chi connectivity index (χ0) is 17.7. The van der Waals surface area contributed by atoms with Crippen LogP contribution in [0.2, 0.25) is 5.02 Å². The van der Waals surface area contributed by atoms with Gasteiger partial charge in [0.05, 0.1) is 23.7 Å². The average molecular weight is 363 g/mol. The van der Waals surface area contributed by atoms with Crippen molar-refractivity contribution < 1.29 is 9.53 Å². The van der Waals surface area contributed by atoms with Gasteiger partial charge in [-0.15, -0.1) is 0 Å². The van der Waals surface area contributed by atoms with Gasteiger partial charge in [0.25, 0.3) is 0 Å². The van der Waals surface area contributed by atoms with E-state index in [-0.39, 0.29) is 6.04 Å². The number of aryl methyl sites for hydroxylation is 1. The molecule has 2 rings (SSSR count). The molecule has 0 aliphatic heterocycles. The molecule has 0 heterocycles. The second kappa shape index (κ2) is 8.13. The quantitative estimate of drug-likeness (QED) is 0.620. The minimum absolute atomic E-state index is 0.0542. The Balaban J connectivity index is 2.07. The lowest BCUT2D eigenvalue weighted by molar-refractivity contribution is 0.0601. The molecule has 0 radical (unpaired) electrons. The van der Waals surface area contributed by atoms with Gasteiger partial charge in [-0.2, -0.15) is 0 Å². The van der Waals surface area contributed by atoms with E-state index in [2.05, 4.69) is 29.7 Å². The van der Waals surface area contributed by atoms with Crippen LogP contribution in [0.1, 0.15) is 34.5 Å². The summed E-state index contributed by atoms with van der Waals surface area (Å²) in [6.45, 7) is 4.10. The van der Waals surface area contributed by atoms with Gasteiger partial charge in [0.2, 0.25) is 0 Å². The first-order valence-corrected chi connectivity index (χ1v) is 8.22. The summed E-state index contributed by atoms with van der Waals surface area (Å²) in [5.41, 5.74) is 3.32. The number of thiocarbonyl (C=S) groups is 1. The van der Waals surface area contributed by atoms with Gasteiger partial charge >= 0.3 is 5.97 Å². The third-order valence-electron chi connectivity index (χ3n) is 3.63. The Morgan fingerprint density at radius 2 is 1.96 bits per heavy atom. The van der Waals surface area contributed by atoms with E-state index in [0.717, 1.165) is 0 Å². The highest BCUT2D eigenvalue weighted by Gasteiger charge is 2.13. The SMILES string of the molecule is COC(=O)c1cc(NC(=S)N[C@H](C)c2ccccc2C)ccc1Cl. The minimum atomic E-state index is -0.490. The highest BCUT2D eigenvalue weighted by Crippen LogP contribution is 2.22. The molecular weight excluding hydrogens is 344 g/mol. The van der Waals surface area contributed by atoms with Crippen LogP contribution >= 0.6 is 23.8 Å². The summed E-state index contributed by atoms with van der Waals surface area (Å²) in [4.78, 5) is 11.7. The Labute approximate surface area is 152 Å². The molecule has 2 aromatic rings. The van der Waals surface area contributed by atoms with Gasteiger partial charge in [-0.3, -0.25) is 0 Å². The molecule has 0 aliphatic rings. The number of carbonyl (C=O) groups excluding carboxylic acids is 1. The summed E-state index contributed by atoms with van der Waals surface area (Å²) in [5.74, 6) is -0.490. The number of benzene rings is 2. The number of rotatable bonds is 4. The maximum Gasteiger partial charge on any atom is 0.339 e. The van der Waals surface area contributed by atoms with Crippen LogP contribution in [0.3, 0.4) is 0 Å². The highest BCUT2D eigenvalue weighted by molar-refractivity contribution is 7.80. The Morgan fingerprint density at radius 3 is 2.62 bits per heavy atom. The van der Waals surface area contributed by atoms with Crippen LogP contribution in [0, 0.1) is 6.92 Å². The van der Waals surface area contributed by atoms with Crippen molar-refractivity contribution in [3.63, 3.8) is 0 Å². The number of anilines is 1. The standard InChI is InChI=1S/C18H19ClN2O2S/c1-11-6-4-5-7-14(11)12(2)20-18(24)21-13-8-9-16(19)15(10-13)17(22)23-3/h4-10,12H,1-3H3,(H2,20,21,24)/t12-/m1/s1. The fourth-order valence-electron chi connectivity index (χ4n) is 2.38. The number of nitrogens with one attached hydrogen (secondary N) is 2.